The molecule has 1 aliphatic rings. The van der Waals surface area contributed by atoms with Gasteiger partial charge in [0.2, 0.25) is 0 Å². The van der Waals surface area contributed by atoms with E-state index in [1.165, 1.54) is 13.1 Å². The first-order valence-electron chi connectivity index (χ1n) is 3.14. The van der Waals surface area contributed by atoms with Crippen LogP contribution in [0.1, 0.15) is 6.92 Å². The number of nitrogens with zero attached hydrogens (tertiary/aromatic N) is 1. The van der Waals surface area contributed by atoms with Crippen LogP contribution in [0.15, 0.2) is 0 Å². The van der Waals surface area contributed by atoms with Crippen LogP contribution < -0.4 is 5.73 Å². The lowest BCUT2D eigenvalue weighted by atomic mass is 9.94. The van der Waals surface area contributed by atoms with Gasteiger partial charge >= 0.3 is 0 Å². The Labute approximate surface area is 50.7 Å². The lowest BCUT2D eigenvalue weighted by molar-refractivity contribution is 0.117. The van der Waals surface area contributed by atoms with Gasteiger partial charge in [-0.1, -0.05) is 0 Å². The summed E-state index contributed by atoms with van der Waals surface area (Å²) < 4.78 is 0. The van der Waals surface area contributed by atoms with Crippen molar-refractivity contribution in [3.8, 4) is 0 Å². The summed E-state index contributed by atoms with van der Waals surface area (Å²) in [5.41, 5.74) is 5.63. The Hall–Kier alpha value is -0.0800. The van der Waals surface area contributed by atoms with Crippen LogP contribution in [0.5, 0.6) is 0 Å². The molecule has 1 atom stereocenters. The smallest absolute Gasteiger partial charge is 0.00632 e. The molecule has 0 aromatic heterocycles. The molecule has 0 amide bonds. The minimum absolute atomic E-state index is 0.395. The normalized spacial score (nSPS) is 27.4. The molecule has 1 saturated heterocycles. The van der Waals surface area contributed by atoms with Crippen molar-refractivity contribution in [2.24, 2.45) is 11.7 Å². The third-order valence-corrected chi connectivity index (χ3v) is 1.84. The summed E-state index contributed by atoms with van der Waals surface area (Å²) in [6.07, 6.45) is 0. The Morgan fingerprint density at radius 2 is 2.12 bits per heavy atom. The number of hydrogen-bond acceptors (Lipinski definition) is 2. The van der Waals surface area contributed by atoms with E-state index in [0.29, 0.717) is 6.04 Å². The van der Waals surface area contributed by atoms with E-state index in [9.17, 15) is 0 Å². The van der Waals surface area contributed by atoms with Gasteiger partial charge in [0, 0.05) is 19.1 Å². The van der Waals surface area contributed by atoms with Crippen LogP contribution in [0.2, 0.25) is 0 Å². The van der Waals surface area contributed by atoms with E-state index in [0.717, 1.165) is 5.92 Å². The topological polar surface area (TPSA) is 29.3 Å². The second-order valence-corrected chi connectivity index (χ2v) is 2.84. The van der Waals surface area contributed by atoms with Gasteiger partial charge in [0.05, 0.1) is 0 Å². The average molecular weight is 114 g/mol. The van der Waals surface area contributed by atoms with Crippen molar-refractivity contribution >= 4 is 0 Å². The highest BCUT2D eigenvalue weighted by Gasteiger charge is 2.25. The number of hydrogen-bond donors (Lipinski definition) is 1. The van der Waals surface area contributed by atoms with Gasteiger partial charge in [0.15, 0.2) is 0 Å². The predicted molar refractivity (Wildman–Crippen MR) is 34.6 cm³/mol. The largest absolute Gasteiger partial charge is 0.328 e. The molecule has 0 aliphatic carbocycles. The van der Waals surface area contributed by atoms with E-state index in [1.807, 2.05) is 0 Å². The quantitative estimate of drug-likeness (QED) is 0.515. The Balaban J connectivity index is 2.15. The van der Waals surface area contributed by atoms with Crippen LogP contribution in [0.4, 0.5) is 0 Å². The summed E-state index contributed by atoms with van der Waals surface area (Å²) in [6.45, 7) is 4.47. The van der Waals surface area contributed by atoms with Crippen LogP contribution in [0, 0.1) is 5.92 Å². The molecule has 0 radical (unpaired) electrons. The zero-order valence-electron chi connectivity index (χ0n) is 5.59. The van der Waals surface area contributed by atoms with Gasteiger partial charge in [0.1, 0.15) is 0 Å². The van der Waals surface area contributed by atoms with E-state index in [2.05, 4.69) is 18.9 Å². The summed E-state index contributed by atoms with van der Waals surface area (Å²) in [7, 11) is 2.12. The van der Waals surface area contributed by atoms with E-state index >= 15 is 0 Å². The van der Waals surface area contributed by atoms with Crippen molar-refractivity contribution in [2.75, 3.05) is 20.1 Å². The molecular weight excluding hydrogens is 100 g/mol. The second kappa shape index (κ2) is 2.03. The van der Waals surface area contributed by atoms with Crippen molar-refractivity contribution in [1.29, 1.82) is 0 Å². The number of rotatable bonds is 1. The molecule has 48 valence electrons. The zero-order valence-corrected chi connectivity index (χ0v) is 5.59. The highest BCUT2D eigenvalue weighted by atomic mass is 15.2. The van der Waals surface area contributed by atoms with Gasteiger partial charge < -0.3 is 10.6 Å². The van der Waals surface area contributed by atoms with Gasteiger partial charge in [-0.2, -0.15) is 0 Å². The number of nitrogens with two attached hydrogens (primary N) is 1. The molecule has 1 heterocycles. The fourth-order valence-corrected chi connectivity index (χ4v) is 1.08. The molecular formula is C6H14N2. The summed E-state index contributed by atoms with van der Waals surface area (Å²) >= 11 is 0. The maximum absolute atomic E-state index is 5.63. The third-order valence-electron chi connectivity index (χ3n) is 1.84. The molecule has 0 saturated carbocycles. The molecule has 0 unspecified atom stereocenters. The third kappa shape index (κ3) is 1.01. The molecule has 2 nitrogen and oxygen atoms in total. The average Bonchev–Trinajstić information content (AvgIpc) is 1.57. The first kappa shape index (κ1) is 6.05. The van der Waals surface area contributed by atoms with Gasteiger partial charge in [0.25, 0.3) is 0 Å². The lowest BCUT2D eigenvalue weighted by Crippen LogP contribution is -2.51. The van der Waals surface area contributed by atoms with Gasteiger partial charge in [-0.15, -0.1) is 0 Å². The van der Waals surface area contributed by atoms with Crippen molar-refractivity contribution < 1.29 is 0 Å². The predicted octanol–water partition coefficient (Wildman–Crippen LogP) is -0.105. The van der Waals surface area contributed by atoms with E-state index in [-0.39, 0.29) is 0 Å². The Kier molecular flexibility index (Phi) is 1.54. The molecule has 0 aromatic rings. The maximum Gasteiger partial charge on any atom is 0.00632 e. The van der Waals surface area contributed by atoms with E-state index < -0.39 is 0 Å². The molecule has 0 spiro atoms. The van der Waals surface area contributed by atoms with E-state index in [1.54, 1.807) is 0 Å². The summed E-state index contributed by atoms with van der Waals surface area (Å²) in [4.78, 5) is 2.29. The highest BCUT2D eigenvalue weighted by molar-refractivity contribution is 4.82. The Morgan fingerprint density at radius 3 is 2.25 bits per heavy atom. The minimum atomic E-state index is 0.395. The van der Waals surface area contributed by atoms with Crippen molar-refractivity contribution in [1.82, 2.24) is 4.90 Å². The maximum atomic E-state index is 5.63. The summed E-state index contributed by atoms with van der Waals surface area (Å²) in [5.74, 6) is 0.764. The van der Waals surface area contributed by atoms with Gasteiger partial charge in [-0.3, -0.25) is 0 Å². The Bertz CT molecular complexity index is 74.6. The minimum Gasteiger partial charge on any atom is -0.328 e. The van der Waals surface area contributed by atoms with Crippen LogP contribution in [0.25, 0.3) is 0 Å². The van der Waals surface area contributed by atoms with Crippen molar-refractivity contribution in [3.05, 3.63) is 0 Å². The Morgan fingerprint density at radius 1 is 1.62 bits per heavy atom. The van der Waals surface area contributed by atoms with Crippen LogP contribution in [-0.4, -0.2) is 31.1 Å². The molecule has 1 fully saturated rings. The molecule has 2 heteroatoms. The molecule has 1 aliphatic heterocycles. The highest BCUT2D eigenvalue weighted by Crippen LogP contribution is 2.14. The first-order chi connectivity index (χ1) is 3.70. The molecule has 0 aromatic carbocycles. The molecule has 0 bridgehead atoms. The fourth-order valence-electron chi connectivity index (χ4n) is 1.08. The first-order valence-corrected chi connectivity index (χ1v) is 3.14. The van der Waals surface area contributed by atoms with Crippen LogP contribution in [-0.2, 0) is 0 Å². The molecule has 8 heavy (non-hydrogen) atoms. The summed E-state index contributed by atoms with van der Waals surface area (Å²) in [5, 5.41) is 0. The molecule has 1 rings (SSSR count). The van der Waals surface area contributed by atoms with E-state index in [4.69, 9.17) is 5.73 Å². The standard InChI is InChI=1S/C6H14N2/c1-5(7)6-3-8(2)4-6/h5-6H,3-4,7H2,1-2H3/t5-/m1/s1. The molecule has 2 N–H and O–H groups in total. The lowest BCUT2D eigenvalue weighted by Gasteiger charge is -2.38. The number of likely N-dealkylation sites (tertiary alicyclic amines) is 1. The second-order valence-electron chi connectivity index (χ2n) is 2.84. The van der Waals surface area contributed by atoms with Crippen LogP contribution in [0.3, 0.4) is 0 Å². The van der Waals surface area contributed by atoms with Gasteiger partial charge in [-0.25, -0.2) is 0 Å². The fraction of sp³-hybridized carbons (Fsp3) is 1.00. The van der Waals surface area contributed by atoms with Crippen molar-refractivity contribution in [3.63, 3.8) is 0 Å². The van der Waals surface area contributed by atoms with Crippen LogP contribution >= 0.6 is 0 Å². The van der Waals surface area contributed by atoms with Gasteiger partial charge in [-0.05, 0) is 19.9 Å². The van der Waals surface area contributed by atoms with Crippen molar-refractivity contribution in [2.45, 2.75) is 13.0 Å². The SMILES string of the molecule is C[C@@H](N)C1CN(C)C1. The summed E-state index contributed by atoms with van der Waals surface area (Å²) in [6, 6.07) is 0.395. The monoisotopic (exact) mass is 114 g/mol. The zero-order chi connectivity index (χ0) is 6.15.